The average Bonchev–Trinajstić information content (AvgIpc) is 2.37. The van der Waals surface area contributed by atoms with Gasteiger partial charge in [0.05, 0.1) is 11.4 Å². The molecule has 0 radical (unpaired) electrons. The van der Waals surface area contributed by atoms with Crippen molar-refractivity contribution >= 4 is 5.78 Å². The zero-order valence-electron chi connectivity index (χ0n) is 10.6. The van der Waals surface area contributed by atoms with Gasteiger partial charge in [0.25, 0.3) is 0 Å². The van der Waals surface area contributed by atoms with Gasteiger partial charge in [0.15, 0.2) is 5.78 Å². The number of hydrogen-bond donors (Lipinski definition) is 0. The van der Waals surface area contributed by atoms with Gasteiger partial charge in [0.1, 0.15) is 11.6 Å². The fraction of sp³-hybridized carbons (Fsp3) is 0.214. The maximum absolute atomic E-state index is 13.5. The summed E-state index contributed by atoms with van der Waals surface area (Å²) in [4.78, 5) is 12.1. The SMILES string of the molecule is Cc1cc(C(=O)Cc2c(F)cccc2F)c(C)nn1. The van der Waals surface area contributed by atoms with Gasteiger partial charge in [-0.05, 0) is 32.0 Å². The van der Waals surface area contributed by atoms with Gasteiger partial charge < -0.3 is 0 Å². The summed E-state index contributed by atoms with van der Waals surface area (Å²) in [7, 11) is 0. The number of carbonyl (C=O) groups is 1. The van der Waals surface area contributed by atoms with Crippen molar-refractivity contribution in [3.63, 3.8) is 0 Å². The number of halogens is 2. The van der Waals surface area contributed by atoms with Crippen LogP contribution in [0.25, 0.3) is 0 Å². The number of benzene rings is 1. The summed E-state index contributed by atoms with van der Waals surface area (Å²) >= 11 is 0. The Morgan fingerprint density at radius 2 is 1.79 bits per heavy atom. The van der Waals surface area contributed by atoms with Crippen LogP contribution in [0.4, 0.5) is 8.78 Å². The van der Waals surface area contributed by atoms with E-state index in [2.05, 4.69) is 10.2 Å². The maximum Gasteiger partial charge on any atom is 0.169 e. The van der Waals surface area contributed by atoms with Crippen molar-refractivity contribution in [1.82, 2.24) is 10.2 Å². The molecular formula is C14H12F2N2O. The first-order valence-electron chi connectivity index (χ1n) is 5.76. The number of nitrogens with zero attached hydrogens (tertiary/aromatic N) is 2. The summed E-state index contributed by atoms with van der Waals surface area (Å²) in [5.74, 6) is -1.81. The summed E-state index contributed by atoms with van der Waals surface area (Å²) < 4.78 is 27.0. The largest absolute Gasteiger partial charge is 0.294 e. The third-order valence-corrected chi connectivity index (χ3v) is 2.80. The van der Waals surface area contributed by atoms with Crippen molar-refractivity contribution in [3.8, 4) is 0 Å². The Hall–Kier alpha value is -2.17. The van der Waals surface area contributed by atoms with Crippen LogP contribution >= 0.6 is 0 Å². The van der Waals surface area contributed by atoms with Crippen molar-refractivity contribution in [2.24, 2.45) is 0 Å². The standard InChI is InChI=1S/C14H12F2N2O/c1-8-6-10(9(2)18-17-8)14(19)7-11-12(15)4-3-5-13(11)16/h3-6H,7H2,1-2H3. The molecule has 5 heteroatoms. The minimum Gasteiger partial charge on any atom is -0.294 e. The van der Waals surface area contributed by atoms with Gasteiger partial charge >= 0.3 is 0 Å². The van der Waals surface area contributed by atoms with E-state index in [1.165, 1.54) is 6.07 Å². The molecule has 0 aliphatic carbocycles. The first-order chi connectivity index (χ1) is 8.99. The van der Waals surface area contributed by atoms with E-state index in [0.29, 0.717) is 17.0 Å². The van der Waals surface area contributed by atoms with Crippen LogP contribution in [0.1, 0.15) is 27.3 Å². The van der Waals surface area contributed by atoms with E-state index in [1.807, 2.05) is 0 Å². The highest BCUT2D eigenvalue weighted by Gasteiger charge is 2.17. The van der Waals surface area contributed by atoms with Crippen LogP contribution in [0.3, 0.4) is 0 Å². The Bertz CT molecular complexity index is 621. The van der Waals surface area contributed by atoms with Gasteiger partial charge in [-0.1, -0.05) is 6.07 Å². The van der Waals surface area contributed by atoms with E-state index in [1.54, 1.807) is 19.9 Å². The van der Waals surface area contributed by atoms with E-state index in [0.717, 1.165) is 12.1 Å². The first-order valence-corrected chi connectivity index (χ1v) is 5.76. The molecular weight excluding hydrogens is 250 g/mol. The molecule has 0 N–H and O–H groups in total. The maximum atomic E-state index is 13.5. The summed E-state index contributed by atoms with van der Waals surface area (Å²) in [6.07, 6.45) is -0.329. The fourth-order valence-electron chi connectivity index (χ4n) is 1.79. The van der Waals surface area contributed by atoms with Crippen molar-refractivity contribution in [3.05, 3.63) is 58.4 Å². The van der Waals surface area contributed by atoms with Gasteiger partial charge in [0.2, 0.25) is 0 Å². The highest BCUT2D eigenvalue weighted by Crippen LogP contribution is 2.16. The lowest BCUT2D eigenvalue weighted by molar-refractivity contribution is 0.0989. The summed E-state index contributed by atoms with van der Waals surface area (Å²) in [5, 5.41) is 7.64. The van der Waals surface area contributed by atoms with E-state index in [9.17, 15) is 13.6 Å². The predicted octanol–water partition coefficient (Wildman–Crippen LogP) is 2.80. The lowest BCUT2D eigenvalue weighted by atomic mass is 10.0. The fourth-order valence-corrected chi connectivity index (χ4v) is 1.79. The number of rotatable bonds is 3. The normalized spacial score (nSPS) is 10.5. The van der Waals surface area contributed by atoms with Crippen molar-refractivity contribution in [2.75, 3.05) is 0 Å². The Morgan fingerprint density at radius 1 is 1.16 bits per heavy atom. The second-order valence-electron chi connectivity index (χ2n) is 4.28. The molecule has 0 amide bonds. The minimum absolute atomic E-state index is 0.221. The van der Waals surface area contributed by atoms with E-state index in [4.69, 9.17) is 0 Å². The topological polar surface area (TPSA) is 42.9 Å². The molecule has 0 bridgehead atoms. The molecule has 0 fully saturated rings. The molecule has 0 saturated heterocycles. The van der Waals surface area contributed by atoms with Crippen LogP contribution in [0, 0.1) is 25.5 Å². The number of ketones is 1. The number of carbonyl (C=O) groups excluding carboxylic acids is 1. The van der Waals surface area contributed by atoms with Gasteiger partial charge in [-0.3, -0.25) is 4.79 Å². The molecule has 98 valence electrons. The molecule has 19 heavy (non-hydrogen) atoms. The van der Waals surface area contributed by atoms with Crippen LogP contribution in [0.15, 0.2) is 24.3 Å². The second-order valence-corrected chi connectivity index (χ2v) is 4.28. The van der Waals surface area contributed by atoms with Crippen LogP contribution in [-0.4, -0.2) is 16.0 Å². The lowest BCUT2D eigenvalue weighted by Crippen LogP contribution is -2.11. The Labute approximate surface area is 109 Å². The molecule has 3 nitrogen and oxygen atoms in total. The molecule has 1 aromatic carbocycles. The molecule has 2 aromatic rings. The summed E-state index contributed by atoms with van der Waals surface area (Å²) in [6, 6.07) is 5.11. The lowest BCUT2D eigenvalue weighted by Gasteiger charge is -2.06. The third kappa shape index (κ3) is 2.81. The van der Waals surface area contributed by atoms with Gasteiger partial charge in [0, 0.05) is 17.5 Å². The molecule has 1 heterocycles. The molecule has 1 aromatic heterocycles. The third-order valence-electron chi connectivity index (χ3n) is 2.80. The van der Waals surface area contributed by atoms with Crippen molar-refractivity contribution in [1.29, 1.82) is 0 Å². The second kappa shape index (κ2) is 5.22. The molecule has 0 atom stereocenters. The monoisotopic (exact) mass is 262 g/mol. The number of hydrogen-bond acceptors (Lipinski definition) is 3. The van der Waals surface area contributed by atoms with Gasteiger partial charge in [-0.2, -0.15) is 10.2 Å². The van der Waals surface area contributed by atoms with Crippen LogP contribution in [0.2, 0.25) is 0 Å². The Morgan fingerprint density at radius 3 is 2.42 bits per heavy atom. The zero-order chi connectivity index (χ0) is 14.0. The van der Waals surface area contributed by atoms with Gasteiger partial charge in [-0.25, -0.2) is 8.78 Å². The van der Waals surface area contributed by atoms with Crippen LogP contribution < -0.4 is 0 Å². The first kappa shape index (κ1) is 13.3. The Kier molecular flexibility index (Phi) is 3.64. The smallest absolute Gasteiger partial charge is 0.169 e. The van der Waals surface area contributed by atoms with E-state index in [-0.39, 0.29) is 17.8 Å². The summed E-state index contributed by atoms with van der Waals surface area (Å²) in [5.41, 5.74) is 1.16. The molecule has 2 rings (SSSR count). The number of aromatic nitrogens is 2. The average molecular weight is 262 g/mol. The van der Waals surface area contributed by atoms with E-state index < -0.39 is 11.6 Å². The molecule has 0 saturated carbocycles. The predicted molar refractivity (Wildman–Crippen MR) is 65.9 cm³/mol. The van der Waals surface area contributed by atoms with Crippen LogP contribution in [0.5, 0.6) is 0 Å². The Balaban J connectivity index is 2.34. The van der Waals surface area contributed by atoms with Crippen molar-refractivity contribution < 1.29 is 13.6 Å². The quantitative estimate of drug-likeness (QED) is 0.799. The van der Waals surface area contributed by atoms with Crippen molar-refractivity contribution in [2.45, 2.75) is 20.3 Å². The van der Waals surface area contributed by atoms with E-state index >= 15 is 0 Å². The summed E-state index contributed by atoms with van der Waals surface area (Å²) in [6.45, 7) is 3.34. The number of Topliss-reactive ketones (excluding diaryl/α,β-unsaturated/α-hetero) is 1. The van der Waals surface area contributed by atoms with Crippen LogP contribution in [-0.2, 0) is 6.42 Å². The minimum atomic E-state index is -0.718. The molecule has 0 aliphatic heterocycles. The molecule has 0 spiro atoms. The zero-order valence-corrected chi connectivity index (χ0v) is 10.6. The molecule has 0 unspecified atom stereocenters. The van der Waals surface area contributed by atoms with Gasteiger partial charge in [-0.15, -0.1) is 0 Å². The molecule has 0 aliphatic rings. The number of aryl methyl sites for hydroxylation is 2. The highest BCUT2D eigenvalue weighted by atomic mass is 19.1. The highest BCUT2D eigenvalue weighted by molar-refractivity contribution is 5.98.